The monoisotopic (exact) mass is 598 g/mol. The first-order chi connectivity index (χ1) is 18.6. The van der Waals surface area contributed by atoms with Gasteiger partial charge in [0.2, 0.25) is 0 Å². The highest BCUT2D eigenvalue weighted by Crippen LogP contribution is 2.44. The molecule has 0 nitrogen and oxygen atoms in total. The van der Waals surface area contributed by atoms with Crippen LogP contribution in [0.1, 0.15) is 9.75 Å². The fourth-order valence-corrected chi connectivity index (χ4v) is 10.2. The van der Waals surface area contributed by atoms with Crippen molar-refractivity contribution < 1.29 is 0 Å². The minimum atomic E-state index is 1.29. The third kappa shape index (κ3) is 4.81. The van der Waals surface area contributed by atoms with Crippen molar-refractivity contribution in [3.63, 3.8) is 0 Å². The van der Waals surface area contributed by atoms with Crippen molar-refractivity contribution in [1.82, 2.24) is 0 Å². The molecule has 0 saturated carbocycles. The summed E-state index contributed by atoms with van der Waals surface area (Å²) in [7, 11) is 0. The van der Waals surface area contributed by atoms with Crippen LogP contribution in [0.25, 0.3) is 60.6 Å². The Kier molecular flexibility index (Phi) is 6.56. The van der Waals surface area contributed by atoms with Gasteiger partial charge in [-0.3, -0.25) is 0 Å². The highest BCUT2D eigenvalue weighted by molar-refractivity contribution is 7.25. The van der Waals surface area contributed by atoms with E-state index in [9.17, 15) is 0 Å². The maximum absolute atomic E-state index is 2.38. The van der Waals surface area contributed by atoms with E-state index in [1.807, 2.05) is 56.7 Å². The molecule has 0 saturated heterocycles. The van der Waals surface area contributed by atoms with Gasteiger partial charge in [-0.2, -0.15) is 0 Å². The van der Waals surface area contributed by atoms with Crippen LogP contribution < -0.4 is 0 Å². The molecule has 6 aromatic heterocycles. The second-order valence-electron chi connectivity index (χ2n) is 9.09. The van der Waals surface area contributed by atoms with Gasteiger partial charge in [-0.05, 0) is 121 Å². The van der Waals surface area contributed by atoms with E-state index in [1.165, 1.54) is 70.3 Å². The van der Waals surface area contributed by atoms with Crippen molar-refractivity contribution in [2.45, 2.75) is 13.8 Å². The van der Waals surface area contributed by atoms with Crippen molar-refractivity contribution >= 4 is 68.0 Å². The molecule has 186 valence electrons. The summed E-state index contributed by atoms with van der Waals surface area (Å²) in [5.74, 6) is 0. The lowest BCUT2D eigenvalue weighted by atomic mass is 10.0. The minimum absolute atomic E-state index is 1.29. The molecular weight excluding hydrogens is 577 g/mol. The van der Waals surface area contributed by atoms with Crippen LogP contribution in [-0.2, 0) is 0 Å². The van der Waals surface area contributed by atoms with E-state index in [-0.39, 0.29) is 0 Å². The van der Waals surface area contributed by atoms with Gasteiger partial charge in [0, 0.05) is 53.6 Å². The average molecular weight is 599 g/mol. The highest BCUT2D eigenvalue weighted by atomic mass is 32.1. The molecule has 6 heterocycles. The van der Waals surface area contributed by atoms with E-state index in [4.69, 9.17) is 0 Å². The molecule has 0 amide bonds. The van der Waals surface area contributed by atoms with Gasteiger partial charge >= 0.3 is 0 Å². The maximum atomic E-state index is 2.38. The van der Waals surface area contributed by atoms with Gasteiger partial charge in [0.05, 0.1) is 0 Å². The Bertz CT molecular complexity index is 1750. The van der Waals surface area contributed by atoms with Crippen molar-refractivity contribution in [2.24, 2.45) is 0 Å². The Morgan fingerprint density at radius 2 is 0.737 bits per heavy atom. The zero-order chi connectivity index (χ0) is 25.6. The molecule has 6 heteroatoms. The molecule has 0 N–H and O–H groups in total. The van der Waals surface area contributed by atoms with Crippen LogP contribution in [0.5, 0.6) is 0 Å². The summed E-state index contributed by atoms with van der Waals surface area (Å²) in [6, 6.07) is 34.1. The fraction of sp³-hybridized carbons (Fsp3) is 0.0625. The molecule has 38 heavy (non-hydrogen) atoms. The van der Waals surface area contributed by atoms with Crippen LogP contribution in [0.3, 0.4) is 0 Å². The number of aryl methyl sites for hydroxylation is 2. The Morgan fingerprint density at radius 1 is 0.368 bits per heavy atom. The number of rotatable bonds is 6. The zero-order valence-corrected chi connectivity index (χ0v) is 25.6. The molecule has 0 spiro atoms. The van der Waals surface area contributed by atoms with Crippen LogP contribution in [-0.4, -0.2) is 0 Å². The van der Waals surface area contributed by atoms with E-state index in [0.717, 1.165) is 0 Å². The molecule has 0 aliphatic rings. The summed E-state index contributed by atoms with van der Waals surface area (Å²) >= 11 is 11.2. The first-order valence-electron chi connectivity index (χ1n) is 12.2. The third-order valence-electron chi connectivity index (χ3n) is 6.34. The first-order valence-corrected chi connectivity index (χ1v) is 17.2. The second kappa shape index (κ2) is 10.2. The smallest absolute Gasteiger partial charge is 0.0449 e. The van der Waals surface area contributed by atoms with Crippen molar-refractivity contribution in [3.05, 3.63) is 106 Å². The lowest BCUT2D eigenvalue weighted by Crippen LogP contribution is -1.81. The van der Waals surface area contributed by atoms with E-state index < -0.39 is 0 Å². The van der Waals surface area contributed by atoms with Gasteiger partial charge in [0.25, 0.3) is 0 Å². The lowest BCUT2D eigenvalue weighted by Gasteiger charge is -2.07. The molecular formula is C32H22S6. The Balaban J connectivity index is 1.32. The van der Waals surface area contributed by atoms with Crippen LogP contribution in [0, 0.1) is 13.8 Å². The Hall–Kier alpha value is -2.58. The fourth-order valence-electron chi connectivity index (χ4n) is 4.48. The molecule has 7 rings (SSSR count). The van der Waals surface area contributed by atoms with Gasteiger partial charge in [0.1, 0.15) is 0 Å². The second-order valence-corrected chi connectivity index (χ2v) is 15.9. The third-order valence-corrected chi connectivity index (χ3v) is 13.2. The van der Waals surface area contributed by atoms with Crippen LogP contribution >= 0.6 is 68.0 Å². The zero-order valence-electron chi connectivity index (χ0n) is 20.7. The highest BCUT2D eigenvalue weighted by Gasteiger charge is 2.14. The molecule has 0 unspecified atom stereocenters. The number of hydrogen-bond acceptors (Lipinski definition) is 6. The Morgan fingerprint density at radius 3 is 1.11 bits per heavy atom. The van der Waals surface area contributed by atoms with Crippen molar-refractivity contribution in [3.8, 4) is 60.6 Å². The lowest BCUT2D eigenvalue weighted by molar-refractivity contribution is 1.64. The minimum Gasteiger partial charge on any atom is -0.143 e. The largest absolute Gasteiger partial charge is 0.143 e. The van der Waals surface area contributed by atoms with Crippen LogP contribution in [0.15, 0.2) is 96.4 Å². The van der Waals surface area contributed by atoms with E-state index in [0.29, 0.717) is 0 Å². The molecule has 0 radical (unpaired) electrons. The molecule has 1 aromatic carbocycles. The van der Waals surface area contributed by atoms with E-state index in [1.54, 1.807) is 11.3 Å². The quantitative estimate of drug-likeness (QED) is 0.179. The summed E-state index contributed by atoms with van der Waals surface area (Å²) in [6.07, 6.45) is 0. The topological polar surface area (TPSA) is 0 Å². The van der Waals surface area contributed by atoms with E-state index in [2.05, 4.69) is 110 Å². The number of benzene rings is 1. The van der Waals surface area contributed by atoms with Crippen molar-refractivity contribution in [2.75, 3.05) is 0 Å². The summed E-state index contributed by atoms with van der Waals surface area (Å²) in [5.41, 5.74) is 3.86. The standard InChI is InChI=1S/C32H22S6/c1-19-5-7-29(34-19)31-13-10-25(37-31)22-16-21(24-9-12-28(36-24)27-4-3-15-33-27)17-23(18-22)26-11-14-32(38-26)30-8-6-20(2)35-30/h3-18H,1-2H3. The molecule has 0 fully saturated rings. The maximum Gasteiger partial charge on any atom is 0.0449 e. The summed E-state index contributed by atoms with van der Waals surface area (Å²) in [5, 5.41) is 2.15. The molecule has 0 bridgehead atoms. The normalized spacial score (nSPS) is 11.4. The average Bonchev–Trinajstić information content (AvgIpc) is 3.76. The Labute approximate surface area is 246 Å². The van der Waals surface area contributed by atoms with Gasteiger partial charge in [-0.15, -0.1) is 68.0 Å². The first kappa shape index (κ1) is 24.5. The van der Waals surface area contributed by atoms with Gasteiger partial charge in [0.15, 0.2) is 0 Å². The van der Waals surface area contributed by atoms with Gasteiger partial charge < -0.3 is 0 Å². The molecule has 7 aromatic rings. The SMILES string of the molecule is Cc1ccc(-c2ccc(-c3cc(-c4ccc(-c5cccs5)s4)cc(-c4ccc(-c5ccc(C)s5)s4)c3)s2)s1. The van der Waals surface area contributed by atoms with Crippen LogP contribution in [0.2, 0.25) is 0 Å². The summed E-state index contributed by atoms with van der Waals surface area (Å²) in [4.78, 5) is 14.7. The summed E-state index contributed by atoms with van der Waals surface area (Å²) in [6.45, 7) is 4.35. The van der Waals surface area contributed by atoms with Crippen molar-refractivity contribution in [1.29, 1.82) is 0 Å². The predicted octanol–water partition coefficient (Wildman–Crippen LogP) is 12.7. The van der Waals surface area contributed by atoms with Crippen LogP contribution in [0.4, 0.5) is 0 Å². The predicted molar refractivity (Wildman–Crippen MR) is 176 cm³/mol. The molecule has 0 aliphatic carbocycles. The van der Waals surface area contributed by atoms with Gasteiger partial charge in [-0.25, -0.2) is 0 Å². The van der Waals surface area contributed by atoms with Gasteiger partial charge in [-0.1, -0.05) is 6.07 Å². The molecule has 0 aliphatic heterocycles. The van der Waals surface area contributed by atoms with E-state index >= 15 is 0 Å². The number of hydrogen-bond donors (Lipinski definition) is 0. The molecule has 0 atom stereocenters. The summed E-state index contributed by atoms with van der Waals surface area (Å²) < 4.78 is 0. The number of thiophene rings is 6.